The number of aliphatic carboxylic acids is 1. The number of carbonyl (C=O) groups excluding carboxylic acids is 1. The largest absolute Gasteiger partial charge is 0.481 e. The molecule has 0 unspecified atom stereocenters. The minimum Gasteiger partial charge on any atom is -0.481 e. The summed E-state index contributed by atoms with van der Waals surface area (Å²) in [5, 5.41) is 8.84. The highest BCUT2D eigenvalue weighted by Crippen LogP contribution is 2.22. The Morgan fingerprint density at radius 2 is 1.92 bits per heavy atom. The smallest absolute Gasteiger partial charge is 0.303 e. The van der Waals surface area contributed by atoms with E-state index in [9.17, 15) is 9.59 Å². The third-order valence-electron chi connectivity index (χ3n) is 4.82. The predicted octanol–water partition coefficient (Wildman–Crippen LogP) is 3.38. The molecule has 0 saturated carbocycles. The molecule has 1 fully saturated rings. The Labute approximate surface area is 152 Å². The Hall–Kier alpha value is -2.63. The topological polar surface area (TPSA) is 83.6 Å². The van der Waals surface area contributed by atoms with Gasteiger partial charge in [0.25, 0.3) is 0 Å². The van der Waals surface area contributed by atoms with Crippen molar-refractivity contribution < 1.29 is 19.1 Å². The summed E-state index contributed by atoms with van der Waals surface area (Å²) in [5.74, 6) is 0.966. The maximum absolute atomic E-state index is 12.3. The van der Waals surface area contributed by atoms with E-state index in [2.05, 4.69) is 4.98 Å². The van der Waals surface area contributed by atoms with Crippen LogP contribution in [0.5, 0.6) is 0 Å². The first-order valence-corrected chi connectivity index (χ1v) is 9.11. The number of aryl methyl sites for hydroxylation is 1. The van der Waals surface area contributed by atoms with Crippen LogP contribution in [-0.2, 0) is 16.0 Å². The van der Waals surface area contributed by atoms with Gasteiger partial charge in [-0.15, -0.1) is 0 Å². The highest BCUT2D eigenvalue weighted by molar-refractivity contribution is 5.76. The van der Waals surface area contributed by atoms with E-state index >= 15 is 0 Å². The number of piperidine rings is 1. The normalized spacial score (nSPS) is 15.2. The predicted molar refractivity (Wildman–Crippen MR) is 96.4 cm³/mol. The Morgan fingerprint density at radius 3 is 2.62 bits per heavy atom. The lowest BCUT2D eigenvalue weighted by atomic mass is 9.93. The highest BCUT2D eigenvalue weighted by Gasteiger charge is 2.24. The number of amides is 1. The number of hydrogen-bond donors (Lipinski definition) is 1. The minimum atomic E-state index is -0.754. The van der Waals surface area contributed by atoms with Crippen LogP contribution in [0.25, 0.3) is 11.3 Å². The zero-order valence-electron chi connectivity index (χ0n) is 14.8. The van der Waals surface area contributed by atoms with E-state index in [-0.39, 0.29) is 18.2 Å². The van der Waals surface area contributed by atoms with Crippen molar-refractivity contribution in [2.24, 2.45) is 5.92 Å². The summed E-state index contributed by atoms with van der Waals surface area (Å²) in [6, 6.07) is 9.81. The van der Waals surface area contributed by atoms with Crippen LogP contribution in [0.15, 0.2) is 40.9 Å². The number of benzene rings is 1. The van der Waals surface area contributed by atoms with Crippen molar-refractivity contribution in [1.82, 2.24) is 9.88 Å². The van der Waals surface area contributed by atoms with E-state index in [1.54, 1.807) is 6.20 Å². The van der Waals surface area contributed by atoms with Crippen molar-refractivity contribution in [3.05, 3.63) is 42.4 Å². The molecule has 1 N–H and O–H groups in total. The van der Waals surface area contributed by atoms with Gasteiger partial charge in [0.1, 0.15) is 0 Å². The summed E-state index contributed by atoms with van der Waals surface area (Å²) in [4.78, 5) is 29.2. The van der Waals surface area contributed by atoms with Gasteiger partial charge in [0.05, 0.1) is 6.20 Å². The average Bonchev–Trinajstić information content (AvgIpc) is 3.11. The van der Waals surface area contributed by atoms with Gasteiger partial charge in [-0.1, -0.05) is 30.3 Å². The number of aromatic nitrogens is 1. The van der Waals surface area contributed by atoms with Crippen molar-refractivity contribution in [3.8, 4) is 11.3 Å². The second-order valence-electron chi connectivity index (χ2n) is 6.76. The fourth-order valence-electron chi connectivity index (χ4n) is 3.34. The molecule has 6 nitrogen and oxygen atoms in total. The molecule has 6 heteroatoms. The zero-order valence-corrected chi connectivity index (χ0v) is 14.8. The Morgan fingerprint density at radius 1 is 1.19 bits per heavy atom. The first-order chi connectivity index (χ1) is 12.6. The number of carboxylic acid groups (broad SMARTS) is 1. The number of nitrogens with zero attached hydrogens (tertiary/aromatic N) is 2. The summed E-state index contributed by atoms with van der Waals surface area (Å²) in [6.45, 7) is 1.32. The van der Waals surface area contributed by atoms with Crippen LogP contribution < -0.4 is 0 Å². The van der Waals surface area contributed by atoms with Crippen LogP contribution in [-0.4, -0.2) is 40.0 Å². The molecule has 0 atom stereocenters. The van der Waals surface area contributed by atoms with Crippen LogP contribution in [0.4, 0.5) is 0 Å². The third kappa shape index (κ3) is 4.94. The minimum absolute atomic E-state index is 0.133. The molecule has 0 aliphatic carbocycles. The maximum Gasteiger partial charge on any atom is 0.303 e. The standard InChI is InChI=1S/C20H24N2O4/c23-19(22-11-9-15(10-12-22)13-20(24)25)8-4-7-18-21-14-17(26-18)16-5-2-1-3-6-16/h1-3,5-6,14-15H,4,7-13H2,(H,24,25). The molecule has 1 aromatic carbocycles. The van der Waals surface area contributed by atoms with Crippen LogP contribution >= 0.6 is 0 Å². The molecule has 26 heavy (non-hydrogen) atoms. The maximum atomic E-state index is 12.3. The molecule has 3 rings (SSSR count). The van der Waals surface area contributed by atoms with Gasteiger partial charge in [-0.3, -0.25) is 9.59 Å². The SMILES string of the molecule is O=C(O)CC1CCN(C(=O)CCCc2ncc(-c3ccccc3)o2)CC1. The van der Waals surface area contributed by atoms with Crippen molar-refractivity contribution in [2.75, 3.05) is 13.1 Å². The third-order valence-corrected chi connectivity index (χ3v) is 4.82. The van der Waals surface area contributed by atoms with E-state index < -0.39 is 5.97 Å². The summed E-state index contributed by atoms with van der Waals surface area (Å²) < 4.78 is 5.76. The summed E-state index contributed by atoms with van der Waals surface area (Å²) in [6.07, 6.45) is 5.27. The lowest BCUT2D eigenvalue weighted by molar-refractivity contribution is -0.138. The Kier molecular flexibility index (Phi) is 6.04. The lowest BCUT2D eigenvalue weighted by Crippen LogP contribution is -2.38. The number of carboxylic acids is 1. The lowest BCUT2D eigenvalue weighted by Gasteiger charge is -2.31. The molecule has 1 aliphatic heterocycles. The average molecular weight is 356 g/mol. The van der Waals surface area contributed by atoms with E-state index in [4.69, 9.17) is 9.52 Å². The van der Waals surface area contributed by atoms with Crippen molar-refractivity contribution in [1.29, 1.82) is 0 Å². The monoisotopic (exact) mass is 356 g/mol. The Bertz CT molecular complexity index is 733. The number of rotatable bonds is 7. The summed E-state index contributed by atoms with van der Waals surface area (Å²) >= 11 is 0. The van der Waals surface area contributed by atoms with Gasteiger partial charge >= 0.3 is 5.97 Å². The zero-order chi connectivity index (χ0) is 18.4. The van der Waals surface area contributed by atoms with Gasteiger partial charge in [0.15, 0.2) is 11.7 Å². The van der Waals surface area contributed by atoms with Gasteiger partial charge in [-0.05, 0) is 25.2 Å². The van der Waals surface area contributed by atoms with Gasteiger partial charge in [-0.2, -0.15) is 0 Å². The van der Waals surface area contributed by atoms with Gasteiger partial charge in [0.2, 0.25) is 5.91 Å². The number of carbonyl (C=O) groups is 2. The first-order valence-electron chi connectivity index (χ1n) is 9.11. The second kappa shape index (κ2) is 8.65. The first kappa shape index (κ1) is 18.2. The summed E-state index contributed by atoms with van der Waals surface area (Å²) in [7, 11) is 0. The molecule has 0 spiro atoms. The molecule has 0 bridgehead atoms. The molecule has 1 aromatic heterocycles. The van der Waals surface area contributed by atoms with Crippen LogP contribution in [0.2, 0.25) is 0 Å². The second-order valence-corrected chi connectivity index (χ2v) is 6.76. The molecule has 2 heterocycles. The van der Waals surface area contributed by atoms with Crippen LogP contribution in [0.3, 0.4) is 0 Å². The molecular weight excluding hydrogens is 332 g/mol. The molecule has 1 amide bonds. The summed E-state index contributed by atoms with van der Waals surface area (Å²) in [5.41, 5.74) is 0.992. The van der Waals surface area contributed by atoms with E-state index in [0.29, 0.717) is 38.2 Å². The van der Waals surface area contributed by atoms with Crippen LogP contribution in [0, 0.1) is 5.92 Å². The van der Waals surface area contributed by atoms with Crippen LogP contribution in [0.1, 0.15) is 38.0 Å². The van der Waals surface area contributed by atoms with E-state index in [0.717, 1.165) is 24.2 Å². The number of oxazole rings is 1. The molecule has 1 aliphatic rings. The fourth-order valence-corrected chi connectivity index (χ4v) is 3.34. The Balaban J connectivity index is 1.41. The van der Waals surface area contributed by atoms with Crippen molar-refractivity contribution in [2.45, 2.75) is 38.5 Å². The number of likely N-dealkylation sites (tertiary alicyclic amines) is 1. The van der Waals surface area contributed by atoms with Gasteiger partial charge < -0.3 is 14.4 Å². The van der Waals surface area contributed by atoms with E-state index in [1.807, 2.05) is 35.2 Å². The van der Waals surface area contributed by atoms with Crippen molar-refractivity contribution >= 4 is 11.9 Å². The molecular formula is C20H24N2O4. The molecule has 1 saturated heterocycles. The van der Waals surface area contributed by atoms with Gasteiger partial charge in [-0.25, -0.2) is 4.98 Å². The molecule has 138 valence electrons. The van der Waals surface area contributed by atoms with Gasteiger partial charge in [0, 0.05) is 37.9 Å². The molecule has 2 aromatic rings. The van der Waals surface area contributed by atoms with E-state index in [1.165, 1.54) is 0 Å². The van der Waals surface area contributed by atoms with Crippen molar-refractivity contribution in [3.63, 3.8) is 0 Å². The fraction of sp³-hybridized carbons (Fsp3) is 0.450. The molecule has 0 radical (unpaired) electrons. The highest BCUT2D eigenvalue weighted by atomic mass is 16.4. The number of hydrogen-bond acceptors (Lipinski definition) is 4. The quantitative estimate of drug-likeness (QED) is 0.822.